The number of hydrogen-bond donors (Lipinski definition) is 0. The van der Waals surface area contributed by atoms with Crippen LogP contribution in [-0.2, 0) is 16.8 Å². The van der Waals surface area contributed by atoms with Crippen LogP contribution in [0.1, 0.15) is 58.6 Å². The number of benzene rings is 4. The zero-order chi connectivity index (χ0) is 33.1. The summed E-state index contributed by atoms with van der Waals surface area (Å²) < 4.78 is 2.17. The molecule has 7 aromatic rings. The fraction of sp³-hybridized carbons (Fsp3) is 0.163. The van der Waals surface area contributed by atoms with E-state index in [2.05, 4.69) is 114 Å². The Hall–Kier alpha value is -5.68. The number of nitrogens with zero attached hydrogens (tertiary/aromatic N) is 4. The van der Waals surface area contributed by atoms with Crippen molar-refractivity contribution < 1.29 is 4.79 Å². The molecule has 236 valence electrons. The van der Waals surface area contributed by atoms with E-state index in [1.807, 2.05) is 62.5 Å². The average molecular weight is 627 g/mol. The molecule has 4 aromatic carbocycles. The highest BCUT2D eigenvalue weighted by Gasteiger charge is 2.41. The van der Waals surface area contributed by atoms with Crippen molar-refractivity contribution in [1.82, 2.24) is 19.7 Å². The number of ketones is 1. The average Bonchev–Trinajstić information content (AvgIpc) is 3.50. The lowest BCUT2D eigenvalue weighted by atomic mass is 9.77. The Bertz CT molecular complexity index is 2080. The normalized spacial score (nSPS) is 12.2. The number of hydrogen-bond acceptors (Lipinski definition) is 4. The second-order valence-electron chi connectivity index (χ2n) is 12.6. The van der Waals surface area contributed by atoms with Crippen LogP contribution in [0.25, 0.3) is 22.2 Å². The molecule has 0 aliphatic rings. The van der Waals surface area contributed by atoms with Crippen molar-refractivity contribution >= 4 is 16.7 Å². The minimum absolute atomic E-state index is 0.123. The topological polar surface area (TPSA) is 60.7 Å². The molecule has 0 amide bonds. The minimum Gasteiger partial charge on any atom is -0.299 e. The van der Waals surface area contributed by atoms with Gasteiger partial charge in [-0.15, -0.1) is 0 Å². The number of aryl methyl sites for hydroxylation is 2. The van der Waals surface area contributed by atoms with Crippen molar-refractivity contribution in [3.05, 3.63) is 185 Å². The van der Waals surface area contributed by atoms with E-state index < -0.39 is 5.54 Å². The lowest BCUT2D eigenvalue weighted by molar-refractivity contribution is -0.118. The third kappa shape index (κ3) is 5.73. The first-order valence-corrected chi connectivity index (χ1v) is 16.5. The maximum absolute atomic E-state index is 13.6. The number of Topliss-reactive ketones (excluding diaryl/α,β-unsaturated/α-hetero) is 1. The molecule has 5 nitrogen and oxygen atoms in total. The molecule has 7 rings (SSSR count). The van der Waals surface area contributed by atoms with E-state index in [-0.39, 0.29) is 18.1 Å². The van der Waals surface area contributed by atoms with Gasteiger partial charge in [-0.2, -0.15) is 5.10 Å². The molecule has 0 saturated carbocycles. The summed E-state index contributed by atoms with van der Waals surface area (Å²) in [7, 11) is 0. The molecule has 48 heavy (non-hydrogen) atoms. The SMILES string of the molecule is Cc1cc(-c2nn(C(c3ccccc3)(c3ccccc3)c3ccccc3)c3cc(CC(=O)C[C@H](C)c4ccccc4)nc(C)c23)ccn1. The maximum atomic E-state index is 13.6. The van der Waals surface area contributed by atoms with Crippen LogP contribution in [0.3, 0.4) is 0 Å². The Morgan fingerprint density at radius 2 is 1.27 bits per heavy atom. The molecule has 0 spiro atoms. The summed E-state index contributed by atoms with van der Waals surface area (Å²) in [5.41, 5.74) is 8.78. The molecule has 3 aromatic heterocycles. The third-order valence-electron chi connectivity index (χ3n) is 9.24. The maximum Gasteiger partial charge on any atom is 0.139 e. The van der Waals surface area contributed by atoms with Crippen molar-refractivity contribution in [3.8, 4) is 11.3 Å². The largest absolute Gasteiger partial charge is 0.299 e. The van der Waals surface area contributed by atoms with Gasteiger partial charge in [0.05, 0.1) is 11.2 Å². The minimum atomic E-state index is -0.834. The summed E-state index contributed by atoms with van der Waals surface area (Å²) in [6.07, 6.45) is 2.53. The predicted molar refractivity (Wildman–Crippen MR) is 193 cm³/mol. The zero-order valence-corrected chi connectivity index (χ0v) is 27.5. The highest BCUT2D eigenvalue weighted by Crippen LogP contribution is 2.44. The van der Waals surface area contributed by atoms with E-state index in [0.29, 0.717) is 6.42 Å². The van der Waals surface area contributed by atoms with E-state index in [1.165, 1.54) is 5.56 Å². The molecule has 0 radical (unpaired) electrons. The molecule has 0 saturated heterocycles. The Morgan fingerprint density at radius 3 is 1.81 bits per heavy atom. The second-order valence-corrected chi connectivity index (χ2v) is 12.6. The van der Waals surface area contributed by atoms with Crippen LogP contribution in [0.5, 0.6) is 0 Å². The zero-order valence-electron chi connectivity index (χ0n) is 27.5. The summed E-state index contributed by atoms with van der Waals surface area (Å²) in [6, 6.07) is 48.1. The molecule has 5 heteroatoms. The molecule has 3 heterocycles. The van der Waals surface area contributed by atoms with Crippen LogP contribution in [0.2, 0.25) is 0 Å². The van der Waals surface area contributed by atoms with Gasteiger partial charge in [-0.25, -0.2) is 4.68 Å². The van der Waals surface area contributed by atoms with Crippen LogP contribution in [0.15, 0.2) is 146 Å². The van der Waals surface area contributed by atoms with Gasteiger partial charge in [0.1, 0.15) is 17.0 Å². The van der Waals surface area contributed by atoms with E-state index in [1.54, 1.807) is 0 Å². The number of carbonyl (C=O) groups is 1. The van der Waals surface area contributed by atoms with Gasteiger partial charge in [0.2, 0.25) is 0 Å². The first kappa shape index (κ1) is 30.9. The predicted octanol–water partition coefficient (Wildman–Crippen LogP) is 9.26. The number of rotatable bonds is 10. The molecule has 1 atom stereocenters. The lowest BCUT2D eigenvalue weighted by Crippen LogP contribution is -2.38. The Kier molecular flexibility index (Phi) is 8.51. The summed E-state index contributed by atoms with van der Waals surface area (Å²) >= 11 is 0. The fourth-order valence-corrected chi connectivity index (χ4v) is 7.04. The summed E-state index contributed by atoms with van der Waals surface area (Å²) in [5.74, 6) is 0.284. The quantitative estimate of drug-likeness (QED) is 0.142. The number of carbonyl (C=O) groups excluding carboxylic acids is 1. The molecule has 0 N–H and O–H groups in total. The lowest BCUT2D eigenvalue weighted by Gasteiger charge is -2.37. The van der Waals surface area contributed by atoms with Crippen LogP contribution in [0, 0.1) is 13.8 Å². The Balaban J connectivity index is 1.49. The monoisotopic (exact) mass is 626 g/mol. The van der Waals surface area contributed by atoms with Crippen LogP contribution >= 0.6 is 0 Å². The number of pyridine rings is 2. The van der Waals surface area contributed by atoms with Gasteiger partial charge >= 0.3 is 0 Å². The second kappa shape index (κ2) is 13.2. The van der Waals surface area contributed by atoms with E-state index in [0.717, 1.165) is 55.9 Å². The molecule has 0 fully saturated rings. The van der Waals surface area contributed by atoms with Gasteiger partial charge in [-0.3, -0.25) is 14.8 Å². The Labute approximate surface area is 282 Å². The van der Waals surface area contributed by atoms with E-state index >= 15 is 0 Å². The smallest absolute Gasteiger partial charge is 0.139 e. The van der Waals surface area contributed by atoms with Crippen molar-refractivity contribution in [2.75, 3.05) is 0 Å². The fourth-order valence-electron chi connectivity index (χ4n) is 7.04. The van der Waals surface area contributed by atoms with Crippen LogP contribution in [-0.4, -0.2) is 25.5 Å². The summed E-state index contributed by atoms with van der Waals surface area (Å²) in [4.78, 5) is 23.1. The third-order valence-corrected chi connectivity index (χ3v) is 9.24. The van der Waals surface area contributed by atoms with Gasteiger partial charge in [0.25, 0.3) is 0 Å². The van der Waals surface area contributed by atoms with Gasteiger partial charge in [0.15, 0.2) is 0 Å². The van der Waals surface area contributed by atoms with Gasteiger partial charge in [-0.05, 0) is 60.2 Å². The molecule has 0 aliphatic heterocycles. The van der Waals surface area contributed by atoms with Crippen molar-refractivity contribution in [1.29, 1.82) is 0 Å². The van der Waals surface area contributed by atoms with E-state index in [4.69, 9.17) is 10.1 Å². The van der Waals surface area contributed by atoms with Gasteiger partial charge in [-0.1, -0.05) is 128 Å². The van der Waals surface area contributed by atoms with Gasteiger partial charge < -0.3 is 0 Å². The van der Waals surface area contributed by atoms with Crippen molar-refractivity contribution in [3.63, 3.8) is 0 Å². The standard InChI is InChI=1S/C43H38N4O/c1-30(33-16-8-4-9-17-33)26-39(48)28-38-29-40-41(32(3)45-38)42(34-24-25-44-31(2)27-34)46-47(40)43(35-18-10-5-11-19-35,36-20-12-6-13-21-36)37-22-14-7-15-23-37/h4-25,27,29-30H,26,28H2,1-3H3/t30-/m0/s1. The molecule has 0 bridgehead atoms. The molecular formula is C43H38N4O. The molecule has 0 aliphatic carbocycles. The van der Waals surface area contributed by atoms with Crippen molar-refractivity contribution in [2.45, 2.75) is 45.1 Å². The molecular weight excluding hydrogens is 589 g/mol. The summed E-state index contributed by atoms with van der Waals surface area (Å²) in [6.45, 7) is 6.14. The summed E-state index contributed by atoms with van der Waals surface area (Å²) in [5, 5.41) is 6.50. The van der Waals surface area contributed by atoms with Crippen LogP contribution in [0.4, 0.5) is 0 Å². The van der Waals surface area contributed by atoms with Crippen LogP contribution < -0.4 is 0 Å². The van der Waals surface area contributed by atoms with E-state index in [9.17, 15) is 4.79 Å². The van der Waals surface area contributed by atoms with Crippen molar-refractivity contribution in [2.24, 2.45) is 0 Å². The highest BCUT2D eigenvalue weighted by molar-refractivity contribution is 5.96. The first-order valence-electron chi connectivity index (χ1n) is 16.5. The first-order chi connectivity index (χ1) is 23.4. The number of fused-ring (bicyclic) bond motifs is 1. The Morgan fingerprint density at radius 1 is 0.729 bits per heavy atom. The number of aromatic nitrogens is 4. The highest BCUT2D eigenvalue weighted by atomic mass is 16.1. The van der Waals surface area contributed by atoms with Gasteiger partial charge in [0, 0.05) is 41.4 Å². The molecule has 0 unspecified atom stereocenters.